The first-order valence-electron chi connectivity index (χ1n) is 3.98. The monoisotopic (exact) mass is 186 g/mol. The number of halogens is 1. The Bertz CT molecular complexity index is 291. The molecule has 0 aliphatic heterocycles. The van der Waals surface area contributed by atoms with Crippen molar-refractivity contribution in [2.45, 2.75) is 31.5 Å². The SMILES string of the molecule is Cc1cc(C2(F)CC(N)C2)sn1. The molecule has 66 valence electrons. The van der Waals surface area contributed by atoms with Gasteiger partial charge in [0.2, 0.25) is 0 Å². The highest BCUT2D eigenvalue weighted by atomic mass is 32.1. The molecular weight excluding hydrogens is 175 g/mol. The molecule has 2 N–H and O–H groups in total. The molecule has 2 nitrogen and oxygen atoms in total. The molecular formula is C8H11FN2S. The summed E-state index contributed by atoms with van der Waals surface area (Å²) in [5.74, 6) is 0. The summed E-state index contributed by atoms with van der Waals surface area (Å²) < 4.78 is 17.8. The normalized spacial score (nSPS) is 34.8. The average molecular weight is 186 g/mol. The quantitative estimate of drug-likeness (QED) is 0.725. The lowest BCUT2D eigenvalue weighted by Gasteiger charge is -2.38. The molecule has 0 unspecified atom stereocenters. The Morgan fingerprint density at radius 1 is 1.75 bits per heavy atom. The summed E-state index contributed by atoms with van der Waals surface area (Å²) in [5, 5.41) is 0. The number of nitrogens with two attached hydrogens (primary N) is 1. The molecule has 1 fully saturated rings. The summed E-state index contributed by atoms with van der Waals surface area (Å²) in [4.78, 5) is 0.738. The van der Waals surface area contributed by atoms with Gasteiger partial charge in [0.15, 0.2) is 0 Å². The number of alkyl halides is 1. The van der Waals surface area contributed by atoms with Crippen LogP contribution in [-0.2, 0) is 5.67 Å². The van der Waals surface area contributed by atoms with Crippen LogP contribution in [0, 0.1) is 6.92 Å². The molecule has 0 bridgehead atoms. The zero-order valence-electron chi connectivity index (χ0n) is 6.88. The molecule has 1 aromatic rings. The minimum atomic E-state index is -1.16. The van der Waals surface area contributed by atoms with Crippen LogP contribution < -0.4 is 5.73 Å². The molecule has 1 aliphatic rings. The van der Waals surface area contributed by atoms with Crippen LogP contribution in [0.2, 0.25) is 0 Å². The molecule has 0 amide bonds. The topological polar surface area (TPSA) is 38.9 Å². The van der Waals surface area contributed by atoms with Gasteiger partial charge < -0.3 is 5.73 Å². The lowest BCUT2D eigenvalue weighted by atomic mass is 9.77. The molecule has 4 heteroatoms. The molecule has 0 atom stereocenters. The second kappa shape index (κ2) is 2.50. The Hall–Kier alpha value is -0.480. The molecule has 1 saturated carbocycles. The van der Waals surface area contributed by atoms with Gasteiger partial charge in [-0.3, -0.25) is 0 Å². The van der Waals surface area contributed by atoms with Crippen LogP contribution in [0.25, 0.3) is 0 Å². The van der Waals surface area contributed by atoms with E-state index >= 15 is 0 Å². The number of aryl methyl sites for hydroxylation is 1. The summed E-state index contributed by atoms with van der Waals surface area (Å²) in [7, 11) is 0. The zero-order chi connectivity index (χ0) is 8.77. The fourth-order valence-corrected chi connectivity index (χ4v) is 2.40. The van der Waals surface area contributed by atoms with Crippen molar-refractivity contribution in [3.05, 3.63) is 16.6 Å². The van der Waals surface area contributed by atoms with Crippen LogP contribution in [0.5, 0.6) is 0 Å². The van der Waals surface area contributed by atoms with Crippen molar-refractivity contribution in [1.29, 1.82) is 0 Å². The van der Waals surface area contributed by atoms with Crippen molar-refractivity contribution in [3.63, 3.8) is 0 Å². The number of hydrogen-bond donors (Lipinski definition) is 1. The maximum Gasteiger partial charge on any atom is 0.149 e. The summed E-state index contributed by atoms with van der Waals surface area (Å²) in [6.07, 6.45) is 0.906. The van der Waals surface area contributed by atoms with Crippen molar-refractivity contribution in [1.82, 2.24) is 4.37 Å². The molecule has 2 rings (SSSR count). The molecule has 12 heavy (non-hydrogen) atoms. The van der Waals surface area contributed by atoms with E-state index in [4.69, 9.17) is 5.73 Å². The maximum atomic E-state index is 13.8. The van der Waals surface area contributed by atoms with Gasteiger partial charge in [-0.05, 0) is 24.5 Å². The Morgan fingerprint density at radius 3 is 2.83 bits per heavy atom. The molecule has 1 aromatic heterocycles. The predicted octanol–water partition coefficient (Wildman–Crippen LogP) is 1.74. The lowest BCUT2D eigenvalue weighted by molar-refractivity contribution is 0.0444. The molecule has 1 heterocycles. The van der Waals surface area contributed by atoms with Gasteiger partial charge in [-0.1, -0.05) is 0 Å². The Labute approximate surface area is 74.8 Å². The van der Waals surface area contributed by atoms with E-state index in [1.807, 2.05) is 13.0 Å². The molecule has 0 saturated heterocycles. The van der Waals surface area contributed by atoms with Gasteiger partial charge in [0.1, 0.15) is 5.67 Å². The van der Waals surface area contributed by atoms with E-state index in [9.17, 15) is 4.39 Å². The predicted molar refractivity (Wildman–Crippen MR) is 46.8 cm³/mol. The first-order chi connectivity index (χ1) is 5.60. The number of nitrogens with zero attached hydrogens (tertiary/aromatic N) is 1. The van der Waals surface area contributed by atoms with Gasteiger partial charge in [-0.25, -0.2) is 4.39 Å². The Morgan fingerprint density at radius 2 is 2.42 bits per heavy atom. The Balaban J connectivity index is 2.20. The van der Waals surface area contributed by atoms with E-state index in [1.165, 1.54) is 11.5 Å². The third kappa shape index (κ3) is 1.15. The van der Waals surface area contributed by atoms with Crippen molar-refractivity contribution in [2.24, 2.45) is 5.73 Å². The molecule has 0 spiro atoms. The van der Waals surface area contributed by atoms with Gasteiger partial charge in [-0.15, -0.1) is 0 Å². The van der Waals surface area contributed by atoms with Crippen LogP contribution >= 0.6 is 11.5 Å². The van der Waals surface area contributed by atoms with E-state index in [0.717, 1.165) is 10.6 Å². The van der Waals surface area contributed by atoms with Crippen LogP contribution in [0.1, 0.15) is 23.4 Å². The fraction of sp³-hybridized carbons (Fsp3) is 0.625. The van der Waals surface area contributed by atoms with Gasteiger partial charge >= 0.3 is 0 Å². The smallest absolute Gasteiger partial charge is 0.149 e. The van der Waals surface area contributed by atoms with E-state index in [1.54, 1.807) is 0 Å². The van der Waals surface area contributed by atoms with Crippen molar-refractivity contribution >= 4 is 11.5 Å². The average Bonchev–Trinajstić information content (AvgIpc) is 2.33. The number of rotatable bonds is 1. The summed E-state index contributed by atoms with van der Waals surface area (Å²) in [6, 6.07) is 1.86. The van der Waals surface area contributed by atoms with Gasteiger partial charge in [-0.2, -0.15) is 4.37 Å². The second-order valence-corrected chi connectivity index (χ2v) is 4.27. The van der Waals surface area contributed by atoms with E-state index in [0.29, 0.717) is 12.8 Å². The Kier molecular flexibility index (Phi) is 1.70. The minimum Gasteiger partial charge on any atom is -0.327 e. The number of aromatic nitrogens is 1. The third-order valence-corrected chi connectivity index (χ3v) is 3.30. The number of hydrogen-bond acceptors (Lipinski definition) is 3. The summed E-state index contributed by atoms with van der Waals surface area (Å²) in [5.41, 5.74) is 5.28. The van der Waals surface area contributed by atoms with Crippen LogP contribution in [0.3, 0.4) is 0 Å². The fourth-order valence-electron chi connectivity index (χ4n) is 1.55. The first kappa shape index (κ1) is 8.13. The minimum absolute atomic E-state index is 0.0393. The van der Waals surface area contributed by atoms with E-state index in [2.05, 4.69) is 4.37 Å². The highest BCUT2D eigenvalue weighted by molar-refractivity contribution is 7.06. The van der Waals surface area contributed by atoms with E-state index < -0.39 is 5.67 Å². The van der Waals surface area contributed by atoms with Crippen LogP contribution in [-0.4, -0.2) is 10.4 Å². The van der Waals surface area contributed by atoms with Gasteiger partial charge in [0.25, 0.3) is 0 Å². The highest BCUT2D eigenvalue weighted by Gasteiger charge is 2.45. The maximum absolute atomic E-state index is 13.8. The van der Waals surface area contributed by atoms with Crippen molar-refractivity contribution in [2.75, 3.05) is 0 Å². The lowest BCUT2D eigenvalue weighted by Crippen LogP contribution is -2.45. The summed E-state index contributed by atoms with van der Waals surface area (Å²) in [6.45, 7) is 1.88. The van der Waals surface area contributed by atoms with Gasteiger partial charge in [0, 0.05) is 18.9 Å². The summed E-state index contributed by atoms with van der Waals surface area (Å²) >= 11 is 1.25. The second-order valence-electron chi connectivity index (χ2n) is 3.47. The van der Waals surface area contributed by atoms with Crippen molar-refractivity contribution in [3.8, 4) is 0 Å². The first-order valence-corrected chi connectivity index (χ1v) is 4.76. The molecule has 1 aliphatic carbocycles. The molecule has 0 radical (unpaired) electrons. The zero-order valence-corrected chi connectivity index (χ0v) is 7.70. The standard InChI is InChI=1S/C8H11FN2S/c1-5-2-7(12-11-5)8(9)3-6(10)4-8/h2,6H,3-4,10H2,1H3. The third-order valence-electron chi connectivity index (χ3n) is 2.24. The van der Waals surface area contributed by atoms with Gasteiger partial charge in [0.05, 0.1) is 10.6 Å². The molecule has 0 aromatic carbocycles. The van der Waals surface area contributed by atoms with Crippen LogP contribution in [0.4, 0.5) is 4.39 Å². The highest BCUT2D eigenvalue weighted by Crippen LogP contribution is 2.45. The van der Waals surface area contributed by atoms with Crippen LogP contribution in [0.15, 0.2) is 6.07 Å². The van der Waals surface area contributed by atoms with Crippen molar-refractivity contribution < 1.29 is 4.39 Å². The largest absolute Gasteiger partial charge is 0.327 e. The van der Waals surface area contributed by atoms with E-state index in [-0.39, 0.29) is 6.04 Å².